The zero-order valence-corrected chi connectivity index (χ0v) is 20.0. The Balaban J connectivity index is 0.00000144. The standard InChI is InChI=1S/C22H30N8.2ClH/c1-29(17-10-12-24-13-11-17)22-27-19-14-25-21(26-16-8-6-15(23)7-9-16)28-20(19)30(22)18-4-2-3-5-18;;/h10-16,18H,2-9,23H2,1H3,(H,25,26,28);2*1H. The number of halogens is 2. The molecule has 0 aromatic carbocycles. The number of hydrogen-bond donors (Lipinski definition) is 2. The summed E-state index contributed by atoms with van der Waals surface area (Å²) in [5.74, 6) is 1.61. The second-order valence-electron chi connectivity index (χ2n) is 8.64. The van der Waals surface area contributed by atoms with Crippen molar-refractivity contribution in [1.82, 2.24) is 24.5 Å². The van der Waals surface area contributed by atoms with Gasteiger partial charge in [-0.1, -0.05) is 12.8 Å². The van der Waals surface area contributed by atoms with Gasteiger partial charge < -0.3 is 16.0 Å². The van der Waals surface area contributed by atoms with E-state index in [1.54, 1.807) is 0 Å². The molecule has 0 unspecified atom stereocenters. The highest BCUT2D eigenvalue weighted by Crippen LogP contribution is 2.37. The number of nitrogens with zero attached hydrogens (tertiary/aromatic N) is 6. The van der Waals surface area contributed by atoms with Crippen LogP contribution in [0.25, 0.3) is 11.2 Å². The van der Waals surface area contributed by atoms with Gasteiger partial charge in [0.25, 0.3) is 0 Å². The van der Waals surface area contributed by atoms with E-state index in [1.807, 2.05) is 30.7 Å². The fraction of sp³-hybridized carbons (Fsp3) is 0.545. The second kappa shape index (κ2) is 10.6. The summed E-state index contributed by atoms with van der Waals surface area (Å²) in [5, 5.41) is 3.54. The van der Waals surface area contributed by atoms with Crippen LogP contribution in [0.5, 0.6) is 0 Å². The average Bonchev–Trinajstić information content (AvgIpc) is 3.43. The molecule has 0 amide bonds. The van der Waals surface area contributed by atoms with Crippen LogP contribution in [0.3, 0.4) is 0 Å². The van der Waals surface area contributed by atoms with Crippen molar-refractivity contribution in [3.8, 4) is 0 Å². The Bertz CT molecular complexity index is 998. The lowest BCUT2D eigenvalue weighted by atomic mass is 9.92. The minimum Gasteiger partial charge on any atom is -0.351 e. The topological polar surface area (TPSA) is 97.8 Å². The quantitative estimate of drug-likeness (QED) is 0.551. The van der Waals surface area contributed by atoms with Crippen molar-refractivity contribution in [2.75, 3.05) is 17.3 Å². The maximum Gasteiger partial charge on any atom is 0.224 e. The maximum absolute atomic E-state index is 6.05. The van der Waals surface area contributed by atoms with Gasteiger partial charge >= 0.3 is 0 Å². The van der Waals surface area contributed by atoms with E-state index in [4.69, 9.17) is 15.7 Å². The first-order chi connectivity index (χ1) is 14.7. The first kappa shape index (κ1) is 24.5. The number of nitrogens with two attached hydrogens (primary N) is 1. The van der Waals surface area contributed by atoms with Crippen molar-refractivity contribution in [3.63, 3.8) is 0 Å². The van der Waals surface area contributed by atoms with Crippen molar-refractivity contribution in [2.45, 2.75) is 69.5 Å². The fourth-order valence-electron chi connectivity index (χ4n) is 4.81. The van der Waals surface area contributed by atoms with Gasteiger partial charge in [0.15, 0.2) is 5.65 Å². The molecule has 174 valence electrons. The van der Waals surface area contributed by atoms with Crippen molar-refractivity contribution in [2.24, 2.45) is 5.73 Å². The van der Waals surface area contributed by atoms with Crippen LogP contribution in [0.15, 0.2) is 30.7 Å². The highest BCUT2D eigenvalue weighted by molar-refractivity contribution is 5.85. The third-order valence-corrected chi connectivity index (χ3v) is 6.56. The number of rotatable bonds is 5. The van der Waals surface area contributed by atoms with Crippen LogP contribution < -0.4 is 16.0 Å². The summed E-state index contributed by atoms with van der Waals surface area (Å²) in [7, 11) is 2.06. The summed E-state index contributed by atoms with van der Waals surface area (Å²) in [6.07, 6.45) is 14.6. The number of pyridine rings is 1. The molecule has 0 atom stereocenters. The Morgan fingerprint density at radius 2 is 1.69 bits per heavy atom. The lowest BCUT2D eigenvalue weighted by molar-refractivity contribution is 0.410. The smallest absolute Gasteiger partial charge is 0.224 e. The summed E-state index contributed by atoms with van der Waals surface area (Å²) < 4.78 is 2.33. The molecular weight excluding hydrogens is 447 g/mol. The summed E-state index contributed by atoms with van der Waals surface area (Å²) >= 11 is 0. The zero-order valence-electron chi connectivity index (χ0n) is 18.4. The van der Waals surface area contributed by atoms with E-state index in [-0.39, 0.29) is 24.8 Å². The molecule has 8 nitrogen and oxygen atoms in total. The van der Waals surface area contributed by atoms with Crippen LogP contribution in [0.4, 0.5) is 17.6 Å². The Morgan fingerprint density at radius 3 is 2.38 bits per heavy atom. The molecule has 3 N–H and O–H groups in total. The van der Waals surface area contributed by atoms with E-state index in [1.165, 1.54) is 12.8 Å². The van der Waals surface area contributed by atoms with E-state index in [0.29, 0.717) is 24.1 Å². The molecule has 0 bridgehead atoms. The van der Waals surface area contributed by atoms with Crippen LogP contribution in [0.2, 0.25) is 0 Å². The first-order valence-corrected chi connectivity index (χ1v) is 11.1. The number of imidazole rings is 1. The average molecular weight is 479 g/mol. The molecular formula is C22H32Cl2N8. The van der Waals surface area contributed by atoms with Crippen LogP contribution in [-0.4, -0.2) is 43.6 Å². The Labute approximate surface area is 201 Å². The molecule has 0 radical (unpaired) electrons. The molecule has 0 spiro atoms. The van der Waals surface area contributed by atoms with Gasteiger partial charge in [-0.25, -0.2) is 9.97 Å². The molecule has 2 fully saturated rings. The van der Waals surface area contributed by atoms with Gasteiger partial charge in [-0.3, -0.25) is 9.55 Å². The highest BCUT2D eigenvalue weighted by Gasteiger charge is 2.27. The summed E-state index contributed by atoms with van der Waals surface area (Å²) in [4.78, 5) is 20.7. The monoisotopic (exact) mass is 478 g/mol. The maximum atomic E-state index is 6.05. The minimum atomic E-state index is 0. The third-order valence-electron chi connectivity index (χ3n) is 6.56. The van der Waals surface area contributed by atoms with Gasteiger partial charge in [-0.15, -0.1) is 24.8 Å². The van der Waals surface area contributed by atoms with E-state index in [0.717, 1.165) is 61.3 Å². The largest absolute Gasteiger partial charge is 0.351 e. The van der Waals surface area contributed by atoms with Gasteiger partial charge in [0, 0.05) is 43.3 Å². The number of anilines is 3. The summed E-state index contributed by atoms with van der Waals surface area (Å²) in [5.41, 5.74) is 8.87. The van der Waals surface area contributed by atoms with E-state index >= 15 is 0 Å². The van der Waals surface area contributed by atoms with Crippen LogP contribution in [0, 0.1) is 0 Å². The predicted molar refractivity (Wildman–Crippen MR) is 133 cm³/mol. The van der Waals surface area contributed by atoms with Crippen molar-refractivity contribution < 1.29 is 0 Å². The summed E-state index contributed by atoms with van der Waals surface area (Å²) in [6, 6.07) is 5.16. The van der Waals surface area contributed by atoms with Gasteiger partial charge in [0.1, 0.15) is 5.52 Å². The predicted octanol–water partition coefficient (Wildman–Crippen LogP) is 4.63. The van der Waals surface area contributed by atoms with E-state index < -0.39 is 0 Å². The van der Waals surface area contributed by atoms with Crippen molar-refractivity contribution in [1.29, 1.82) is 0 Å². The SMILES string of the molecule is CN(c1ccncc1)c1nc2cnc(NC3CCC(N)CC3)nc2n1C1CCCC1.Cl.Cl. The summed E-state index contributed by atoms with van der Waals surface area (Å²) in [6.45, 7) is 0. The molecule has 2 aliphatic carbocycles. The molecule has 2 aliphatic rings. The van der Waals surface area contributed by atoms with Crippen molar-refractivity contribution >= 4 is 53.6 Å². The van der Waals surface area contributed by atoms with Gasteiger partial charge in [-0.2, -0.15) is 4.98 Å². The van der Waals surface area contributed by atoms with E-state index in [2.05, 4.69) is 31.8 Å². The number of aromatic nitrogens is 5. The molecule has 3 aromatic rings. The first-order valence-electron chi connectivity index (χ1n) is 11.1. The van der Waals surface area contributed by atoms with Crippen LogP contribution in [0.1, 0.15) is 57.4 Å². The Hall–Kier alpha value is -2.16. The van der Waals surface area contributed by atoms with Crippen LogP contribution >= 0.6 is 24.8 Å². The van der Waals surface area contributed by atoms with Gasteiger partial charge in [0.05, 0.1) is 6.20 Å². The Kier molecular flexibility index (Phi) is 8.14. The van der Waals surface area contributed by atoms with E-state index in [9.17, 15) is 0 Å². The third kappa shape index (κ3) is 4.92. The van der Waals surface area contributed by atoms with Gasteiger partial charge in [-0.05, 0) is 50.7 Å². The van der Waals surface area contributed by atoms with Gasteiger partial charge in [0.2, 0.25) is 11.9 Å². The number of hydrogen-bond acceptors (Lipinski definition) is 7. The molecule has 0 saturated heterocycles. The van der Waals surface area contributed by atoms with Crippen LogP contribution in [-0.2, 0) is 0 Å². The molecule has 2 saturated carbocycles. The second-order valence-corrected chi connectivity index (χ2v) is 8.64. The molecule has 3 heterocycles. The molecule has 0 aliphatic heterocycles. The molecule has 32 heavy (non-hydrogen) atoms. The lowest BCUT2D eigenvalue weighted by Gasteiger charge is -2.26. The molecule has 3 aromatic heterocycles. The molecule has 10 heteroatoms. The molecule has 5 rings (SSSR count). The lowest BCUT2D eigenvalue weighted by Crippen LogP contribution is -2.33. The fourth-order valence-corrected chi connectivity index (χ4v) is 4.81. The Morgan fingerprint density at radius 1 is 1.00 bits per heavy atom. The highest BCUT2D eigenvalue weighted by atomic mass is 35.5. The van der Waals surface area contributed by atoms with Crippen molar-refractivity contribution in [3.05, 3.63) is 30.7 Å². The zero-order chi connectivity index (χ0) is 20.5. The minimum absolute atomic E-state index is 0. The normalized spacial score (nSPS) is 21.1. The number of fused-ring (bicyclic) bond motifs is 1. The number of nitrogens with one attached hydrogen (secondary N) is 1.